The van der Waals surface area contributed by atoms with Crippen molar-refractivity contribution >= 4 is 0 Å². The molecule has 1 rings (SSSR count). The maximum absolute atomic E-state index is 8.92. The van der Waals surface area contributed by atoms with E-state index >= 15 is 0 Å². The van der Waals surface area contributed by atoms with Crippen molar-refractivity contribution in [1.29, 1.82) is 0 Å². The number of nitrogens with one attached hydrogen (secondary N) is 1. The highest BCUT2D eigenvalue weighted by Crippen LogP contribution is 2.28. The molecular weight excluding hydrogens is 204 g/mol. The van der Waals surface area contributed by atoms with Crippen LogP contribution in [0.25, 0.3) is 0 Å². The SMILES string of the molecule is CC(C)NCC1(CN(C)CCO)CCOC1. The van der Waals surface area contributed by atoms with Gasteiger partial charge in [0.15, 0.2) is 0 Å². The molecule has 1 fully saturated rings. The van der Waals surface area contributed by atoms with Gasteiger partial charge in [-0.15, -0.1) is 0 Å². The molecule has 4 heteroatoms. The molecule has 1 heterocycles. The van der Waals surface area contributed by atoms with Gasteiger partial charge in [0.1, 0.15) is 0 Å². The monoisotopic (exact) mass is 230 g/mol. The molecule has 0 aliphatic carbocycles. The second-order valence-electron chi connectivity index (χ2n) is 5.30. The van der Waals surface area contributed by atoms with Gasteiger partial charge >= 0.3 is 0 Å². The summed E-state index contributed by atoms with van der Waals surface area (Å²) >= 11 is 0. The van der Waals surface area contributed by atoms with Gasteiger partial charge in [-0.2, -0.15) is 0 Å². The van der Waals surface area contributed by atoms with E-state index in [1.54, 1.807) is 0 Å². The average Bonchev–Trinajstić information content (AvgIpc) is 2.64. The Morgan fingerprint density at radius 1 is 1.50 bits per heavy atom. The minimum Gasteiger partial charge on any atom is -0.395 e. The summed E-state index contributed by atoms with van der Waals surface area (Å²) in [6.45, 7) is 9.00. The lowest BCUT2D eigenvalue weighted by atomic mass is 9.86. The Bertz CT molecular complexity index is 191. The molecule has 4 nitrogen and oxygen atoms in total. The van der Waals surface area contributed by atoms with Crippen LogP contribution in [-0.4, -0.2) is 62.6 Å². The summed E-state index contributed by atoms with van der Waals surface area (Å²) in [5.74, 6) is 0. The van der Waals surface area contributed by atoms with Crippen LogP contribution in [-0.2, 0) is 4.74 Å². The Kier molecular flexibility index (Phi) is 5.69. The van der Waals surface area contributed by atoms with Crippen LogP contribution in [0.2, 0.25) is 0 Å². The first-order chi connectivity index (χ1) is 7.58. The Hall–Kier alpha value is -0.160. The number of hydrogen-bond donors (Lipinski definition) is 2. The van der Waals surface area contributed by atoms with Crippen LogP contribution in [0.5, 0.6) is 0 Å². The lowest BCUT2D eigenvalue weighted by molar-refractivity contribution is 0.108. The van der Waals surface area contributed by atoms with E-state index in [2.05, 4.69) is 31.1 Å². The normalized spacial score (nSPS) is 25.9. The van der Waals surface area contributed by atoms with Gasteiger partial charge in [0.05, 0.1) is 13.2 Å². The van der Waals surface area contributed by atoms with E-state index in [1.165, 1.54) is 0 Å². The second kappa shape index (κ2) is 6.55. The van der Waals surface area contributed by atoms with E-state index < -0.39 is 0 Å². The molecule has 1 aliphatic rings. The smallest absolute Gasteiger partial charge is 0.0558 e. The quantitative estimate of drug-likeness (QED) is 0.661. The number of rotatable bonds is 7. The third kappa shape index (κ3) is 4.37. The molecule has 1 aliphatic heterocycles. The van der Waals surface area contributed by atoms with E-state index in [-0.39, 0.29) is 12.0 Å². The average molecular weight is 230 g/mol. The molecule has 0 radical (unpaired) electrons. The van der Waals surface area contributed by atoms with Crippen LogP contribution < -0.4 is 5.32 Å². The first kappa shape index (κ1) is 13.9. The summed E-state index contributed by atoms with van der Waals surface area (Å²) < 4.78 is 5.54. The lowest BCUT2D eigenvalue weighted by Crippen LogP contribution is -2.45. The van der Waals surface area contributed by atoms with Crippen molar-refractivity contribution in [2.75, 3.05) is 46.5 Å². The molecule has 0 saturated carbocycles. The standard InChI is InChI=1S/C12H26N2O2/c1-11(2)13-8-12(4-7-16-10-12)9-14(3)5-6-15/h11,13,15H,4-10H2,1-3H3. The van der Waals surface area contributed by atoms with E-state index in [9.17, 15) is 0 Å². The van der Waals surface area contributed by atoms with Crippen LogP contribution >= 0.6 is 0 Å². The van der Waals surface area contributed by atoms with Crippen molar-refractivity contribution in [3.63, 3.8) is 0 Å². The van der Waals surface area contributed by atoms with Gasteiger partial charge in [-0.3, -0.25) is 0 Å². The van der Waals surface area contributed by atoms with Crippen molar-refractivity contribution < 1.29 is 9.84 Å². The molecule has 1 atom stereocenters. The molecule has 0 aromatic heterocycles. The molecule has 96 valence electrons. The topological polar surface area (TPSA) is 44.7 Å². The summed E-state index contributed by atoms with van der Waals surface area (Å²) in [6, 6.07) is 0.514. The summed E-state index contributed by atoms with van der Waals surface area (Å²) in [5, 5.41) is 12.4. The zero-order valence-corrected chi connectivity index (χ0v) is 10.8. The van der Waals surface area contributed by atoms with Crippen molar-refractivity contribution in [3.05, 3.63) is 0 Å². The fourth-order valence-corrected chi connectivity index (χ4v) is 2.21. The van der Waals surface area contributed by atoms with Crippen LogP contribution in [0.15, 0.2) is 0 Å². The van der Waals surface area contributed by atoms with Crippen LogP contribution in [0.3, 0.4) is 0 Å². The van der Waals surface area contributed by atoms with Crippen LogP contribution in [0, 0.1) is 5.41 Å². The first-order valence-corrected chi connectivity index (χ1v) is 6.18. The molecule has 2 N–H and O–H groups in total. The highest BCUT2D eigenvalue weighted by atomic mass is 16.5. The molecule has 1 unspecified atom stereocenters. The molecule has 0 aromatic rings. The largest absolute Gasteiger partial charge is 0.395 e. The van der Waals surface area contributed by atoms with Crippen molar-refractivity contribution in [2.45, 2.75) is 26.3 Å². The fraction of sp³-hybridized carbons (Fsp3) is 1.00. The zero-order valence-electron chi connectivity index (χ0n) is 10.8. The van der Waals surface area contributed by atoms with E-state index in [0.29, 0.717) is 6.04 Å². The number of aliphatic hydroxyl groups excluding tert-OH is 1. The Labute approximate surface area is 99.0 Å². The number of hydrogen-bond acceptors (Lipinski definition) is 4. The summed E-state index contributed by atoms with van der Waals surface area (Å²) in [6.07, 6.45) is 1.11. The number of likely N-dealkylation sites (N-methyl/N-ethyl adjacent to an activating group) is 1. The third-order valence-electron chi connectivity index (χ3n) is 3.16. The van der Waals surface area contributed by atoms with Gasteiger partial charge in [0.25, 0.3) is 0 Å². The van der Waals surface area contributed by atoms with Gasteiger partial charge < -0.3 is 20.1 Å². The van der Waals surface area contributed by atoms with Gasteiger partial charge in [0.2, 0.25) is 0 Å². The predicted octanol–water partition coefficient (Wildman–Crippen LogP) is 0.315. The highest BCUT2D eigenvalue weighted by molar-refractivity contribution is 4.88. The van der Waals surface area contributed by atoms with Crippen molar-refractivity contribution in [3.8, 4) is 0 Å². The Morgan fingerprint density at radius 2 is 2.25 bits per heavy atom. The van der Waals surface area contributed by atoms with Gasteiger partial charge in [0, 0.05) is 37.7 Å². The first-order valence-electron chi connectivity index (χ1n) is 6.18. The number of ether oxygens (including phenoxy) is 1. The zero-order chi connectivity index (χ0) is 12.0. The Morgan fingerprint density at radius 3 is 2.75 bits per heavy atom. The number of aliphatic hydroxyl groups is 1. The molecular formula is C12H26N2O2. The second-order valence-corrected chi connectivity index (χ2v) is 5.30. The lowest BCUT2D eigenvalue weighted by Gasteiger charge is -2.33. The van der Waals surface area contributed by atoms with Crippen molar-refractivity contribution in [2.24, 2.45) is 5.41 Å². The van der Waals surface area contributed by atoms with Gasteiger partial charge in [-0.05, 0) is 13.5 Å². The summed E-state index contributed by atoms with van der Waals surface area (Å²) in [5.41, 5.74) is 0.230. The molecule has 0 amide bonds. The van der Waals surface area contributed by atoms with Gasteiger partial charge in [-0.1, -0.05) is 13.8 Å². The summed E-state index contributed by atoms with van der Waals surface area (Å²) in [7, 11) is 2.06. The minimum absolute atomic E-state index is 0.227. The van der Waals surface area contributed by atoms with Gasteiger partial charge in [-0.25, -0.2) is 0 Å². The molecule has 1 saturated heterocycles. The minimum atomic E-state index is 0.227. The Balaban J connectivity index is 2.44. The van der Waals surface area contributed by atoms with Crippen molar-refractivity contribution in [1.82, 2.24) is 10.2 Å². The maximum atomic E-state index is 8.92. The highest BCUT2D eigenvalue weighted by Gasteiger charge is 2.35. The maximum Gasteiger partial charge on any atom is 0.0558 e. The summed E-state index contributed by atoms with van der Waals surface area (Å²) in [4.78, 5) is 2.19. The molecule has 16 heavy (non-hydrogen) atoms. The van der Waals surface area contributed by atoms with E-state index in [1.807, 2.05) is 0 Å². The number of nitrogens with zero attached hydrogens (tertiary/aromatic N) is 1. The fourth-order valence-electron chi connectivity index (χ4n) is 2.21. The van der Waals surface area contributed by atoms with Crippen LogP contribution in [0.4, 0.5) is 0 Å². The van der Waals surface area contributed by atoms with Crippen LogP contribution in [0.1, 0.15) is 20.3 Å². The van der Waals surface area contributed by atoms with E-state index in [0.717, 1.165) is 39.3 Å². The third-order valence-corrected chi connectivity index (χ3v) is 3.16. The van der Waals surface area contributed by atoms with E-state index in [4.69, 9.17) is 9.84 Å². The molecule has 0 aromatic carbocycles. The molecule has 0 spiro atoms. The molecule has 0 bridgehead atoms. The predicted molar refractivity (Wildman–Crippen MR) is 65.6 cm³/mol.